The molecule has 2 aliphatic rings. The van der Waals surface area contributed by atoms with Crippen LogP contribution in [0.15, 0.2) is 16.3 Å². The first-order chi connectivity index (χ1) is 9.13. The van der Waals surface area contributed by atoms with Crippen LogP contribution < -0.4 is 0 Å². The molecule has 0 N–H and O–H groups in total. The predicted octanol–water partition coefficient (Wildman–Crippen LogP) is 2.43. The molecule has 0 bridgehead atoms. The topological polar surface area (TPSA) is 46.6 Å². The van der Waals surface area contributed by atoms with E-state index in [1.807, 2.05) is 0 Å². The van der Waals surface area contributed by atoms with E-state index in [1.54, 1.807) is 15.8 Å². The van der Waals surface area contributed by atoms with Gasteiger partial charge < -0.3 is 4.74 Å². The third-order valence-electron chi connectivity index (χ3n) is 3.80. The SMILES string of the molecule is O=S(=O)(c1csc(CCl)c1)N1CCOC2CCCC21. The zero-order valence-electron chi connectivity index (χ0n) is 10.4. The van der Waals surface area contributed by atoms with E-state index in [1.165, 1.54) is 11.3 Å². The van der Waals surface area contributed by atoms with Gasteiger partial charge in [-0.2, -0.15) is 4.31 Å². The monoisotopic (exact) mass is 321 g/mol. The number of alkyl halides is 1. The second-order valence-electron chi connectivity index (χ2n) is 4.91. The number of ether oxygens (including phenoxy) is 1. The second-order valence-corrected chi connectivity index (χ2v) is 8.06. The molecule has 0 radical (unpaired) electrons. The molecule has 2 heterocycles. The van der Waals surface area contributed by atoms with Crippen LogP contribution in [0.4, 0.5) is 0 Å². The molecule has 106 valence electrons. The quantitative estimate of drug-likeness (QED) is 0.803. The molecule has 1 saturated heterocycles. The van der Waals surface area contributed by atoms with Gasteiger partial charge in [0.2, 0.25) is 10.0 Å². The summed E-state index contributed by atoms with van der Waals surface area (Å²) in [5.41, 5.74) is 0. The Morgan fingerprint density at radius 1 is 1.47 bits per heavy atom. The van der Waals surface area contributed by atoms with Gasteiger partial charge in [-0.15, -0.1) is 22.9 Å². The molecule has 4 nitrogen and oxygen atoms in total. The Labute approximate surface area is 122 Å². The van der Waals surface area contributed by atoms with Crippen LogP contribution in [0.25, 0.3) is 0 Å². The molecule has 1 saturated carbocycles. The summed E-state index contributed by atoms with van der Waals surface area (Å²) in [4.78, 5) is 1.26. The van der Waals surface area contributed by atoms with Gasteiger partial charge in [0.25, 0.3) is 0 Å². The average Bonchev–Trinajstić information content (AvgIpc) is 3.06. The summed E-state index contributed by atoms with van der Waals surface area (Å²) < 4.78 is 32.7. The van der Waals surface area contributed by atoms with Crippen LogP contribution >= 0.6 is 22.9 Å². The van der Waals surface area contributed by atoms with Crippen LogP contribution in [0, 0.1) is 0 Å². The zero-order valence-corrected chi connectivity index (χ0v) is 12.8. The van der Waals surface area contributed by atoms with E-state index in [0.29, 0.717) is 23.9 Å². The highest BCUT2D eigenvalue weighted by Gasteiger charge is 2.42. The van der Waals surface area contributed by atoms with Crippen LogP contribution in [0.5, 0.6) is 0 Å². The minimum absolute atomic E-state index is 0.0121. The minimum Gasteiger partial charge on any atom is -0.375 e. The molecule has 19 heavy (non-hydrogen) atoms. The number of hydrogen-bond donors (Lipinski definition) is 0. The highest BCUT2D eigenvalue weighted by Crippen LogP contribution is 2.34. The summed E-state index contributed by atoms with van der Waals surface area (Å²) >= 11 is 7.14. The summed E-state index contributed by atoms with van der Waals surface area (Å²) in [5.74, 6) is 0.356. The normalized spacial score (nSPS) is 28.5. The Morgan fingerprint density at radius 2 is 2.32 bits per heavy atom. The van der Waals surface area contributed by atoms with Crippen molar-refractivity contribution >= 4 is 33.0 Å². The number of halogens is 1. The molecule has 3 rings (SSSR count). The first-order valence-electron chi connectivity index (χ1n) is 6.40. The van der Waals surface area contributed by atoms with Crippen LogP contribution in [-0.2, 0) is 20.6 Å². The van der Waals surface area contributed by atoms with Crippen molar-refractivity contribution in [3.8, 4) is 0 Å². The molecule has 0 amide bonds. The van der Waals surface area contributed by atoms with Gasteiger partial charge in [-0.05, 0) is 25.3 Å². The van der Waals surface area contributed by atoms with Crippen LogP contribution in [0.1, 0.15) is 24.1 Å². The van der Waals surface area contributed by atoms with Gasteiger partial charge in [-0.1, -0.05) is 0 Å². The Morgan fingerprint density at radius 3 is 3.05 bits per heavy atom. The van der Waals surface area contributed by atoms with E-state index in [9.17, 15) is 8.42 Å². The second kappa shape index (κ2) is 5.33. The Bertz CT molecular complexity index is 557. The van der Waals surface area contributed by atoms with E-state index < -0.39 is 10.0 Å². The van der Waals surface area contributed by atoms with E-state index in [0.717, 1.165) is 24.1 Å². The summed E-state index contributed by atoms with van der Waals surface area (Å²) in [5, 5.41) is 1.69. The van der Waals surface area contributed by atoms with Gasteiger partial charge in [0.1, 0.15) is 0 Å². The van der Waals surface area contributed by atoms with E-state index in [4.69, 9.17) is 16.3 Å². The third-order valence-corrected chi connectivity index (χ3v) is 7.23. The summed E-state index contributed by atoms with van der Waals surface area (Å²) in [6.45, 7) is 0.947. The van der Waals surface area contributed by atoms with Crippen molar-refractivity contribution in [2.45, 2.75) is 42.2 Å². The molecule has 1 aliphatic heterocycles. The molecule has 1 aliphatic carbocycles. The lowest BCUT2D eigenvalue weighted by molar-refractivity contribution is -0.0241. The minimum atomic E-state index is -3.40. The smallest absolute Gasteiger partial charge is 0.244 e. The van der Waals surface area contributed by atoms with Crippen molar-refractivity contribution in [1.82, 2.24) is 4.31 Å². The van der Waals surface area contributed by atoms with E-state index >= 15 is 0 Å². The van der Waals surface area contributed by atoms with Crippen molar-refractivity contribution in [2.24, 2.45) is 0 Å². The van der Waals surface area contributed by atoms with Crippen molar-refractivity contribution in [2.75, 3.05) is 13.2 Å². The fraction of sp³-hybridized carbons (Fsp3) is 0.667. The Balaban J connectivity index is 1.90. The number of thiophene rings is 1. The average molecular weight is 322 g/mol. The van der Waals surface area contributed by atoms with Crippen LogP contribution in [0.3, 0.4) is 0 Å². The maximum Gasteiger partial charge on any atom is 0.244 e. The number of morpholine rings is 1. The largest absolute Gasteiger partial charge is 0.375 e. The lowest BCUT2D eigenvalue weighted by Crippen LogP contribution is -2.50. The summed E-state index contributed by atoms with van der Waals surface area (Å²) in [6, 6.07) is 1.70. The number of nitrogens with zero attached hydrogens (tertiary/aromatic N) is 1. The molecule has 7 heteroatoms. The van der Waals surface area contributed by atoms with Gasteiger partial charge in [-0.25, -0.2) is 8.42 Å². The first kappa shape index (κ1) is 13.8. The highest BCUT2D eigenvalue weighted by atomic mass is 35.5. The number of rotatable bonds is 3. The van der Waals surface area contributed by atoms with E-state index in [2.05, 4.69) is 0 Å². The zero-order chi connectivity index (χ0) is 13.5. The molecular weight excluding hydrogens is 306 g/mol. The number of fused-ring (bicyclic) bond motifs is 1. The van der Waals surface area contributed by atoms with Crippen molar-refractivity contribution in [3.63, 3.8) is 0 Å². The summed E-state index contributed by atoms with van der Waals surface area (Å²) in [6.07, 6.45) is 2.98. The highest BCUT2D eigenvalue weighted by molar-refractivity contribution is 7.89. The van der Waals surface area contributed by atoms with E-state index in [-0.39, 0.29) is 12.1 Å². The van der Waals surface area contributed by atoms with Gasteiger partial charge in [-0.3, -0.25) is 0 Å². The molecule has 2 fully saturated rings. The molecule has 1 aromatic heterocycles. The van der Waals surface area contributed by atoms with Crippen LogP contribution in [0.2, 0.25) is 0 Å². The number of sulfonamides is 1. The molecule has 1 aromatic rings. The maximum absolute atomic E-state index is 12.7. The predicted molar refractivity (Wildman–Crippen MR) is 75.1 cm³/mol. The fourth-order valence-electron chi connectivity index (χ4n) is 2.89. The van der Waals surface area contributed by atoms with Crippen molar-refractivity contribution < 1.29 is 13.2 Å². The lowest BCUT2D eigenvalue weighted by Gasteiger charge is -2.36. The molecule has 2 unspecified atom stereocenters. The van der Waals surface area contributed by atoms with Gasteiger partial charge in [0, 0.05) is 16.8 Å². The first-order valence-corrected chi connectivity index (χ1v) is 9.25. The van der Waals surface area contributed by atoms with Gasteiger partial charge >= 0.3 is 0 Å². The third kappa shape index (κ3) is 2.45. The molecule has 0 spiro atoms. The molecule has 2 atom stereocenters. The van der Waals surface area contributed by atoms with Gasteiger partial charge in [0.15, 0.2) is 0 Å². The van der Waals surface area contributed by atoms with Crippen molar-refractivity contribution in [3.05, 3.63) is 16.3 Å². The Kier molecular flexibility index (Phi) is 3.88. The Hall–Kier alpha value is -0.140. The summed E-state index contributed by atoms with van der Waals surface area (Å²) in [7, 11) is -3.40. The fourth-order valence-corrected chi connectivity index (χ4v) is 5.93. The van der Waals surface area contributed by atoms with Crippen LogP contribution in [-0.4, -0.2) is 38.0 Å². The molecule has 0 aromatic carbocycles. The number of hydrogen-bond acceptors (Lipinski definition) is 4. The standard InChI is InChI=1S/C12H16ClNO3S2/c13-7-9-6-10(8-18-9)19(15,16)14-4-5-17-12-3-1-2-11(12)14/h6,8,11-12H,1-5,7H2. The van der Waals surface area contributed by atoms with Crippen molar-refractivity contribution in [1.29, 1.82) is 0 Å². The lowest BCUT2D eigenvalue weighted by atomic mass is 10.2. The molecular formula is C12H16ClNO3S2. The van der Waals surface area contributed by atoms with Gasteiger partial charge in [0.05, 0.1) is 29.5 Å². The maximum atomic E-state index is 12.7.